The second kappa shape index (κ2) is 9.12. The molecule has 2 aliphatic heterocycles. The van der Waals surface area contributed by atoms with Crippen LogP contribution < -0.4 is 0 Å². The van der Waals surface area contributed by atoms with Gasteiger partial charge in [-0.25, -0.2) is 0 Å². The standard InChI is InChI=1S/C18H35NO2/c1-3-4-5-6-7-8-9-12-18(2)20-16-17(21-18)15-19-13-10-11-14-19/h17H,3-16H2,1-2H3. The smallest absolute Gasteiger partial charge is 0.166 e. The van der Waals surface area contributed by atoms with Crippen molar-refractivity contribution >= 4 is 0 Å². The Bertz CT molecular complexity index is 278. The third-order valence-corrected chi connectivity index (χ3v) is 4.89. The number of hydrogen-bond donors (Lipinski definition) is 0. The van der Waals surface area contributed by atoms with Crippen LogP contribution >= 0.6 is 0 Å². The first-order valence-electron chi connectivity index (χ1n) is 9.26. The number of hydrogen-bond acceptors (Lipinski definition) is 3. The van der Waals surface area contributed by atoms with Crippen molar-refractivity contribution in [1.82, 2.24) is 4.90 Å². The van der Waals surface area contributed by atoms with Crippen molar-refractivity contribution in [3.8, 4) is 0 Å². The Morgan fingerprint density at radius 3 is 2.38 bits per heavy atom. The van der Waals surface area contributed by atoms with Crippen LogP contribution in [0.5, 0.6) is 0 Å². The van der Waals surface area contributed by atoms with E-state index in [1.165, 1.54) is 70.9 Å². The molecule has 2 saturated heterocycles. The fourth-order valence-corrected chi connectivity index (χ4v) is 3.57. The van der Waals surface area contributed by atoms with Gasteiger partial charge in [-0.05, 0) is 39.3 Å². The van der Waals surface area contributed by atoms with Gasteiger partial charge in [0.25, 0.3) is 0 Å². The van der Waals surface area contributed by atoms with E-state index < -0.39 is 0 Å². The molecule has 0 aromatic rings. The average Bonchev–Trinajstić information content (AvgIpc) is 3.09. The Morgan fingerprint density at radius 1 is 1.00 bits per heavy atom. The van der Waals surface area contributed by atoms with Gasteiger partial charge in [-0.15, -0.1) is 0 Å². The minimum absolute atomic E-state index is 0.289. The second-order valence-corrected chi connectivity index (χ2v) is 7.06. The van der Waals surface area contributed by atoms with Crippen molar-refractivity contribution in [1.29, 1.82) is 0 Å². The minimum atomic E-state index is -0.312. The zero-order valence-electron chi connectivity index (χ0n) is 14.2. The summed E-state index contributed by atoms with van der Waals surface area (Å²) >= 11 is 0. The van der Waals surface area contributed by atoms with Crippen molar-refractivity contribution in [2.24, 2.45) is 0 Å². The van der Waals surface area contributed by atoms with E-state index in [2.05, 4.69) is 18.7 Å². The number of likely N-dealkylation sites (tertiary alicyclic amines) is 1. The summed E-state index contributed by atoms with van der Waals surface area (Å²) in [5, 5.41) is 0. The lowest BCUT2D eigenvalue weighted by Gasteiger charge is -2.24. The summed E-state index contributed by atoms with van der Waals surface area (Å²) < 4.78 is 12.2. The number of unbranched alkanes of at least 4 members (excludes halogenated alkanes) is 6. The topological polar surface area (TPSA) is 21.7 Å². The summed E-state index contributed by atoms with van der Waals surface area (Å²) in [6, 6.07) is 0. The molecule has 0 aromatic heterocycles. The summed E-state index contributed by atoms with van der Waals surface area (Å²) in [6.45, 7) is 8.74. The molecule has 0 amide bonds. The molecule has 0 aromatic carbocycles. The van der Waals surface area contributed by atoms with Gasteiger partial charge in [-0.3, -0.25) is 0 Å². The molecule has 21 heavy (non-hydrogen) atoms. The van der Waals surface area contributed by atoms with Gasteiger partial charge in [0.2, 0.25) is 0 Å². The maximum atomic E-state index is 6.19. The van der Waals surface area contributed by atoms with E-state index in [1.807, 2.05) is 0 Å². The summed E-state index contributed by atoms with van der Waals surface area (Å²) in [4.78, 5) is 2.52. The van der Waals surface area contributed by atoms with Crippen LogP contribution in [-0.2, 0) is 9.47 Å². The van der Waals surface area contributed by atoms with E-state index in [4.69, 9.17) is 9.47 Å². The highest BCUT2D eigenvalue weighted by Gasteiger charge is 2.37. The SMILES string of the molecule is CCCCCCCCCC1(C)OCC(CN2CCCC2)O1. The first-order valence-corrected chi connectivity index (χ1v) is 9.26. The lowest BCUT2D eigenvalue weighted by molar-refractivity contribution is -0.160. The number of nitrogens with zero attached hydrogens (tertiary/aromatic N) is 1. The zero-order valence-corrected chi connectivity index (χ0v) is 14.2. The van der Waals surface area contributed by atoms with Gasteiger partial charge < -0.3 is 14.4 Å². The Labute approximate surface area is 131 Å². The van der Waals surface area contributed by atoms with Crippen molar-refractivity contribution in [3.05, 3.63) is 0 Å². The van der Waals surface area contributed by atoms with Crippen LogP contribution in [0, 0.1) is 0 Å². The molecule has 2 aliphatic rings. The van der Waals surface area contributed by atoms with Crippen molar-refractivity contribution < 1.29 is 9.47 Å². The highest BCUT2D eigenvalue weighted by atomic mass is 16.7. The van der Waals surface area contributed by atoms with Gasteiger partial charge in [0.05, 0.1) is 12.7 Å². The molecule has 124 valence electrons. The van der Waals surface area contributed by atoms with Crippen molar-refractivity contribution in [2.45, 2.75) is 89.9 Å². The molecule has 0 radical (unpaired) electrons. The minimum Gasteiger partial charge on any atom is -0.347 e. The molecule has 2 rings (SSSR count). The van der Waals surface area contributed by atoms with E-state index in [1.54, 1.807) is 0 Å². The Balaban J connectivity index is 1.53. The quantitative estimate of drug-likeness (QED) is 0.559. The summed E-state index contributed by atoms with van der Waals surface area (Å²) in [7, 11) is 0. The molecule has 0 bridgehead atoms. The van der Waals surface area contributed by atoms with Gasteiger partial charge in [0, 0.05) is 13.0 Å². The molecular weight excluding hydrogens is 262 g/mol. The Morgan fingerprint density at radius 2 is 1.67 bits per heavy atom. The largest absolute Gasteiger partial charge is 0.347 e. The number of ether oxygens (including phenoxy) is 2. The van der Waals surface area contributed by atoms with E-state index in [0.29, 0.717) is 0 Å². The molecule has 2 atom stereocenters. The summed E-state index contributed by atoms with van der Waals surface area (Å²) in [6.07, 6.45) is 13.5. The van der Waals surface area contributed by atoms with Crippen LogP contribution in [-0.4, -0.2) is 43.0 Å². The molecule has 2 fully saturated rings. The third-order valence-electron chi connectivity index (χ3n) is 4.89. The van der Waals surface area contributed by atoms with E-state index in [0.717, 1.165) is 19.6 Å². The van der Waals surface area contributed by atoms with Gasteiger partial charge in [-0.1, -0.05) is 45.4 Å². The molecular formula is C18H35NO2. The first kappa shape index (κ1) is 17.2. The lowest BCUT2D eigenvalue weighted by atomic mass is 10.1. The molecule has 0 spiro atoms. The Hall–Kier alpha value is -0.120. The predicted molar refractivity (Wildman–Crippen MR) is 87.5 cm³/mol. The van der Waals surface area contributed by atoms with Crippen LogP contribution in [0.25, 0.3) is 0 Å². The van der Waals surface area contributed by atoms with Crippen LogP contribution in [0.2, 0.25) is 0 Å². The zero-order chi connectivity index (χ0) is 15.0. The molecule has 0 aliphatic carbocycles. The normalized spacial score (nSPS) is 30.3. The van der Waals surface area contributed by atoms with Gasteiger partial charge >= 0.3 is 0 Å². The molecule has 3 nitrogen and oxygen atoms in total. The average molecular weight is 297 g/mol. The first-order chi connectivity index (χ1) is 10.2. The van der Waals surface area contributed by atoms with Crippen molar-refractivity contribution in [3.63, 3.8) is 0 Å². The maximum Gasteiger partial charge on any atom is 0.166 e. The molecule has 3 heteroatoms. The molecule has 2 heterocycles. The highest BCUT2D eigenvalue weighted by Crippen LogP contribution is 2.29. The maximum absolute atomic E-state index is 6.19. The monoisotopic (exact) mass is 297 g/mol. The van der Waals surface area contributed by atoms with E-state index in [-0.39, 0.29) is 11.9 Å². The van der Waals surface area contributed by atoms with Crippen LogP contribution in [0.3, 0.4) is 0 Å². The predicted octanol–water partition coefficient (Wildman–Crippen LogP) is 4.35. The second-order valence-electron chi connectivity index (χ2n) is 7.06. The molecule has 2 unspecified atom stereocenters. The van der Waals surface area contributed by atoms with Crippen LogP contribution in [0.15, 0.2) is 0 Å². The summed E-state index contributed by atoms with van der Waals surface area (Å²) in [5.74, 6) is -0.312. The van der Waals surface area contributed by atoms with E-state index in [9.17, 15) is 0 Å². The van der Waals surface area contributed by atoms with Gasteiger partial charge in [0.1, 0.15) is 0 Å². The van der Waals surface area contributed by atoms with Gasteiger partial charge in [0.15, 0.2) is 5.79 Å². The number of rotatable bonds is 10. The third kappa shape index (κ3) is 6.25. The molecule has 0 N–H and O–H groups in total. The van der Waals surface area contributed by atoms with Gasteiger partial charge in [-0.2, -0.15) is 0 Å². The fraction of sp³-hybridized carbons (Fsp3) is 1.00. The highest BCUT2D eigenvalue weighted by molar-refractivity contribution is 4.79. The summed E-state index contributed by atoms with van der Waals surface area (Å²) in [5.41, 5.74) is 0. The fourth-order valence-electron chi connectivity index (χ4n) is 3.57. The van der Waals surface area contributed by atoms with Crippen molar-refractivity contribution in [2.75, 3.05) is 26.2 Å². The van der Waals surface area contributed by atoms with E-state index >= 15 is 0 Å². The van der Waals surface area contributed by atoms with Crippen LogP contribution in [0.1, 0.15) is 78.1 Å². The van der Waals surface area contributed by atoms with Crippen LogP contribution in [0.4, 0.5) is 0 Å². The Kier molecular flexibility index (Phi) is 7.48. The molecule has 0 saturated carbocycles. The lowest BCUT2D eigenvalue weighted by Crippen LogP contribution is -2.33.